The van der Waals surface area contributed by atoms with E-state index < -0.39 is 70.6 Å². The van der Waals surface area contributed by atoms with Crippen LogP contribution in [-0.2, 0) is 32.3 Å². The van der Waals surface area contributed by atoms with Gasteiger partial charge < -0.3 is 10.5 Å². The summed E-state index contributed by atoms with van der Waals surface area (Å²) in [6, 6.07) is 1.61. The molecule has 1 aliphatic rings. The minimum atomic E-state index is -5.03. The predicted octanol–water partition coefficient (Wildman–Crippen LogP) is 1.72. The van der Waals surface area contributed by atoms with Crippen LogP contribution in [-0.4, -0.2) is 55.4 Å². The Morgan fingerprint density at radius 3 is 2.45 bits per heavy atom. The number of nitrogens with two attached hydrogens (primary N) is 1. The zero-order chi connectivity index (χ0) is 28.5. The van der Waals surface area contributed by atoms with E-state index in [2.05, 4.69) is 4.99 Å². The molecule has 0 radical (unpaired) electrons. The molecule has 1 fully saturated rings. The third-order valence-corrected chi connectivity index (χ3v) is 6.56. The van der Waals surface area contributed by atoms with Crippen molar-refractivity contribution in [2.45, 2.75) is 24.8 Å². The summed E-state index contributed by atoms with van der Waals surface area (Å²) in [5.74, 6) is -3.55. The largest absolute Gasteiger partial charge is 0.465 e. The fourth-order valence-corrected chi connectivity index (χ4v) is 4.75. The third-order valence-electron chi connectivity index (χ3n) is 5.08. The van der Waals surface area contributed by atoms with E-state index in [1.165, 1.54) is 6.92 Å². The molecule has 38 heavy (non-hydrogen) atoms. The smallest absolute Gasteiger partial charge is 0.431 e. The maximum Gasteiger partial charge on any atom is 0.431 e. The van der Waals surface area contributed by atoms with Crippen LogP contribution in [0.2, 0.25) is 5.02 Å². The van der Waals surface area contributed by atoms with Gasteiger partial charge in [-0.1, -0.05) is 23.4 Å². The summed E-state index contributed by atoms with van der Waals surface area (Å²) in [4.78, 5) is 66.3. The topological polar surface area (TPSA) is 146 Å². The summed E-state index contributed by atoms with van der Waals surface area (Å²) in [6.45, 7) is 0.949. The number of hydrogen-bond donors (Lipinski definition) is 1. The molecule has 17 heteroatoms. The molecule has 2 heterocycles. The predicted molar refractivity (Wildman–Crippen MR) is 128 cm³/mol. The molecule has 1 aromatic carbocycles. The molecule has 1 unspecified atom stereocenters. The van der Waals surface area contributed by atoms with Crippen molar-refractivity contribution in [3.63, 3.8) is 0 Å². The first-order valence-corrected chi connectivity index (χ1v) is 11.8. The van der Waals surface area contributed by atoms with Crippen LogP contribution in [0.5, 0.6) is 0 Å². The van der Waals surface area contributed by atoms with E-state index in [9.17, 15) is 41.5 Å². The number of thioether (sulfide) groups is 1. The maximum atomic E-state index is 14.8. The number of amides is 2. The van der Waals surface area contributed by atoms with Crippen LogP contribution in [0, 0.1) is 5.82 Å². The van der Waals surface area contributed by atoms with Crippen molar-refractivity contribution in [3.05, 3.63) is 55.6 Å². The lowest BCUT2D eigenvalue weighted by atomic mass is 10.2. The number of aromatic nitrogens is 2. The lowest BCUT2D eigenvalue weighted by molar-refractivity contribution is -0.146. The molecule has 0 bridgehead atoms. The number of carbonyl (C=O) groups is 3. The van der Waals surface area contributed by atoms with Crippen molar-refractivity contribution in [1.82, 2.24) is 14.0 Å². The lowest BCUT2D eigenvalue weighted by Crippen LogP contribution is -2.41. The van der Waals surface area contributed by atoms with Crippen molar-refractivity contribution >= 4 is 52.0 Å². The molecular formula is C21H18ClF4N5O6S. The van der Waals surface area contributed by atoms with E-state index in [0.717, 1.165) is 29.8 Å². The van der Waals surface area contributed by atoms with Gasteiger partial charge >= 0.3 is 17.8 Å². The van der Waals surface area contributed by atoms with Crippen molar-refractivity contribution in [1.29, 1.82) is 0 Å². The average Bonchev–Trinajstić information content (AvgIpc) is 3.06. The number of alkyl halides is 3. The summed E-state index contributed by atoms with van der Waals surface area (Å²) in [6.07, 6.45) is -5.43. The second-order valence-corrected chi connectivity index (χ2v) is 9.28. The SMILES string of the molecule is CCOC(=O)CN1C(=O)C(CC(N)=O)SC1=Nc1cc(-n2c(=O)cc(C(F)(F)F)n(C)c2=O)c(F)cc1Cl. The fraction of sp³-hybridized carbons (Fsp3) is 0.333. The minimum absolute atomic E-state index is 0.00911. The van der Waals surface area contributed by atoms with Gasteiger partial charge in [-0.05, 0) is 19.1 Å². The summed E-state index contributed by atoms with van der Waals surface area (Å²) in [5.41, 5.74) is -0.419. The number of ether oxygens (including phenoxy) is 1. The van der Waals surface area contributed by atoms with Crippen molar-refractivity contribution < 1.29 is 36.7 Å². The van der Waals surface area contributed by atoms with E-state index in [1.807, 2.05) is 0 Å². The molecular weight excluding hydrogens is 562 g/mol. The highest BCUT2D eigenvalue weighted by atomic mass is 35.5. The highest BCUT2D eigenvalue weighted by molar-refractivity contribution is 8.15. The number of rotatable bonds is 7. The van der Waals surface area contributed by atoms with E-state index in [-0.39, 0.29) is 37.7 Å². The molecule has 2 amide bonds. The van der Waals surface area contributed by atoms with Gasteiger partial charge in [-0.15, -0.1) is 0 Å². The van der Waals surface area contributed by atoms with Crippen molar-refractivity contribution in [2.75, 3.05) is 13.2 Å². The van der Waals surface area contributed by atoms with Gasteiger partial charge in [0.15, 0.2) is 5.17 Å². The monoisotopic (exact) mass is 579 g/mol. The first-order chi connectivity index (χ1) is 17.6. The summed E-state index contributed by atoms with van der Waals surface area (Å²) >= 11 is 6.82. The van der Waals surface area contributed by atoms with Crippen LogP contribution >= 0.6 is 23.4 Å². The Kier molecular flexibility index (Phi) is 8.36. The molecule has 3 rings (SSSR count). The fourth-order valence-electron chi connectivity index (χ4n) is 3.40. The van der Waals surface area contributed by atoms with Gasteiger partial charge in [0.05, 0.1) is 23.0 Å². The van der Waals surface area contributed by atoms with Crippen LogP contribution in [0.15, 0.2) is 32.8 Å². The molecule has 2 aromatic rings. The maximum absolute atomic E-state index is 14.8. The summed E-state index contributed by atoms with van der Waals surface area (Å²) in [7, 11) is 0.753. The molecule has 2 N–H and O–H groups in total. The Hall–Kier alpha value is -3.66. The Balaban J connectivity index is 2.16. The molecule has 0 saturated carbocycles. The lowest BCUT2D eigenvalue weighted by Gasteiger charge is -2.16. The number of carbonyl (C=O) groups excluding carboxylic acids is 3. The second-order valence-electron chi connectivity index (χ2n) is 7.70. The number of aliphatic imine (C=N–C) groups is 1. The first kappa shape index (κ1) is 28.9. The van der Waals surface area contributed by atoms with Gasteiger partial charge in [-0.3, -0.25) is 28.6 Å². The normalized spacial score (nSPS) is 16.8. The van der Waals surface area contributed by atoms with Crippen molar-refractivity contribution in [2.24, 2.45) is 17.8 Å². The van der Waals surface area contributed by atoms with Crippen LogP contribution in [0.4, 0.5) is 23.2 Å². The van der Waals surface area contributed by atoms with Crippen molar-refractivity contribution in [3.8, 4) is 5.69 Å². The molecule has 0 spiro atoms. The standard InChI is InChI=1S/C21H18ClF4N5O6S/c1-3-37-17(34)8-30-18(35)13(6-15(27)32)38-19(30)28-11-5-12(10(23)4-9(11)22)31-16(33)7-14(21(24,25)26)29(2)20(31)36/h4-5,7,13H,3,6,8H2,1-2H3,(H2,27,32). The third kappa shape index (κ3) is 5.91. The molecule has 11 nitrogen and oxygen atoms in total. The molecule has 1 aliphatic heterocycles. The number of primary amides is 1. The quantitative estimate of drug-likeness (QED) is 0.388. The summed E-state index contributed by atoms with van der Waals surface area (Å²) < 4.78 is 59.4. The molecule has 0 aliphatic carbocycles. The van der Waals surface area contributed by atoms with E-state index in [1.54, 1.807) is 0 Å². The Morgan fingerprint density at radius 2 is 1.87 bits per heavy atom. The minimum Gasteiger partial charge on any atom is -0.465 e. The number of amidine groups is 1. The van der Waals surface area contributed by atoms with Crippen LogP contribution in [0.1, 0.15) is 19.0 Å². The summed E-state index contributed by atoms with van der Waals surface area (Å²) in [5, 5.41) is -1.58. The Labute approximate surface area is 219 Å². The average molecular weight is 580 g/mol. The molecule has 1 atom stereocenters. The zero-order valence-electron chi connectivity index (χ0n) is 19.5. The highest BCUT2D eigenvalue weighted by Gasteiger charge is 2.40. The zero-order valence-corrected chi connectivity index (χ0v) is 21.1. The Morgan fingerprint density at radius 1 is 1.21 bits per heavy atom. The van der Waals surface area contributed by atoms with Gasteiger partial charge in [-0.25, -0.2) is 18.7 Å². The molecule has 1 saturated heterocycles. The molecule has 1 aromatic heterocycles. The second kappa shape index (κ2) is 11.0. The van der Waals surface area contributed by atoms with Gasteiger partial charge in [0.25, 0.3) is 5.56 Å². The number of nitrogens with zero attached hydrogens (tertiary/aromatic N) is 4. The van der Waals surface area contributed by atoms with Crippen LogP contribution in [0.3, 0.4) is 0 Å². The van der Waals surface area contributed by atoms with Gasteiger partial charge in [0.1, 0.15) is 23.3 Å². The van der Waals surface area contributed by atoms with E-state index in [4.69, 9.17) is 22.1 Å². The Bertz CT molecular complexity index is 1470. The van der Waals surface area contributed by atoms with Gasteiger partial charge in [-0.2, -0.15) is 13.2 Å². The molecule has 204 valence electrons. The van der Waals surface area contributed by atoms with Gasteiger partial charge in [0, 0.05) is 19.5 Å². The number of esters is 1. The number of benzene rings is 1. The highest BCUT2D eigenvalue weighted by Crippen LogP contribution is 2.35. The van der Waals surface area contributed by atoms with Gasteiger partial charge in [0.2, 0.25) is 11.8 Å². The first-order valence-electron chi connectivity index (χ1n) is 10.6. The van der Waals surface area contributed by atoms with Crippen LogP contribution in [0.25, 0.3) is 5.69 Å². The van der Waals surface area contributed by atoms with E-state index >= 15 is 0 Å². The van der Waals surface area contributed by atoms with Crippen LogP contribution < -0.4 is 17.0 Å². The van der Waals surface area contributed by atoms with E-state index in [0.29, 0.717) is 6.07 Å². The number of halogens is 5. The number of hydrogen-bond acceptors (Lipinski definition) is 8.